The van der Waals surface area contributed by atoms with E-state index in [9.17, 15) is 36.3 Å². The molecule has 274 valence electrons. The van der Waals surface area contributed by atoms with E-state index in [1.807, 2.05) is 35.2 Å². The smallest absolute Gasteiger partial charge is 0.451 e. The summed E-state index contributed by atoms with van der Waals surface area (Å²) in [5, 5.41) is 3.14. The first-order chi connectivity index (χ1) is 24.8. The molecular formula is C39H36ClF5N2O5. The number of rotatable bonds is 10. The van der Waals surface area contributed by atoms with Crippen molar-refractivity contribution in [3.8, 4) is 5.75 Å². The monoisotopic (exact) mass is 742 g/mol. The van der Waals surface area contributed by atoms with E-state index in [1.165, 1.54) is 11.1 Å². The van der Waals surface area contributed by atoms with E-state index in [4.69, 9.17) is 16.0 Å². The van der Waals surface area contributed by atoms with Crippen molar-refractivity contribution in [3.05, 3.63) is 122 Å². The highest BCUT2D eigenvalue weighted by Gasteiger charge is 2.61. The van der Waals surface area contributed by atoms with E-state index in [1.54, 1.807) is 12.1 Å². The number of carbonyl (C=O) groups is 2. The van der Waals surface area contributed by atoms with Gasteiger partial charge in [-0.25, -0.2) is 0 Å². The van der Waals surface area contributed by atoms with Crippen LogP contribution in [0.4, 0.5) is 22.0 Å². The van der Waals surface area contributed by atoms with Crippen LogP contribution < -0.4 is 15.5 Å². The zero-order valence-corrected chi connectivity index (χ0v) is 28.7. The van der Waals surface area contributed by atoms with Crippen LogP contribution in [0.2, 0.25) is 5.02 Å². The maximum Gasteiger partial charge on any atom is 0.499 e. The Morgan fingerprint density at radius 1 is 0.962 bits per heavy atom. The van der Waals surface area contributed by atoms with Crippen LogP contribution in [0.1, 0.15) is 78.1 Å². The van der Waals surface area contributed by atoms with Crippen LogP contribution in [0.5, 0.6) is 5.75 Å². The Bertz CT molecular complexity index is 2020. The summed E-state index contributed by atoms with van der Waals surface area (Å²) < 4.78 is 74.2. The van der Waals surface area contributed by atoms with Gasteiger partial charge in [0.15, 0.2) is 11.2 Å². The zero-order chi connectivity index (χ0) is 37.0. The number of ether oxygens (including phenoxy) is 1. The number of carbonyl (C=O) groups excluding carboxylic acids is 2. The van der Waals surface area contributed by atoms with E-state index in [0.717, 1.165) is 74.4 Å². The maximum absolute atomic E-state index is 13.5. The summed E-state index contributed by atoms with van der Waals surface area (Å²) in [6.45, 7) is 1.38. The first kappa shape index (κ1) is 37.1. The van der Waals surface area contributed by atoms with E-state index >= 15 is 0 Å². The second kappa shape index (κ2) is 15.5. The Labute approximate surface area is 301 Å². The summed E-state index contributed by atoms with van der Waals surface area (Å²) in [6, 6.07) is 18.3. The van der Waals surface area contributed by atoms with Crippen LogP contribution in [-0.2, 0) is 17.8 Å². The van der Waals surface area contributed by atoms with Crippen LogP contribution in [-0.4, -0.2) is 41.6 Å². The minimum atomic E-state index is -5.97. The summed E-state index contributed by atoms with van der Waals surface area (Å²) in [7, 11) is 0. The number of halogens is 6. The fraction of sp³-hybridized carbons (Fsp3) is 0.359. The second-order valence-corrected chi connectivity index (χ2v) is 13.7. The van der Waals surface area contributed by atoms with Gasteiger partial charge in [-0.2, -0.15) is 22.0 Å². The topological polar surface area (TPSA) is 88.9 Å². The number of hydrogen-bond donors (Lipinski definition) is 1. The highest BCUT2D eigenvalue weighted by Crippen LogP contribution is 2.39. The van der Waals surface area contributed by atoms with Crippen molar-refractivity contribution in [2.45, 2.75) is 82.2 Å². The molecule has 1 N–H and O–H groups in total. The first-order valence-electron chi connectivity index (χ1n) is 17.1. The number of hydrogen-bond acceptors (Lipinski definition) is 5. The lowest BCUT2D eigenvalue weighted by atomic mass is 9.79. The molecule has 0 radical (unpaired) electrons. The number of alkyl halides is 5. The van der Waals surface area contributed by atoms with Gasteiger partial charge in [-0.1, -0.05) is 59.6 Å². The molecule has 2 fully saturated rings. The van der Waals surface area contributed by atoms with Gasteiger partial charge in [0.1, 0.15) is 11.3 Å². The third-order valence-corrected chi connectivity index (χ3v) is 9.78. The molecule has 1 saturated heterocycles. The number of fused-ring (bicyclic) bond motifs is 1. The average molecular weight is 743 g/mol. The van der Waals surface area contributed by atoms with Gasteiger partial charge in [-0.3, -0.25) is 14.4 Å². The van der Waals surface area contributed by atoms with Crippen molar-refractivity contribution in [3.63, 3.8) is 0 Å². The maximum atomic E-state index is 13.5. The van der Waals surface area contributed by atoms with Gasteiger partial charge >= 0.3 is 12.3 Å². The van der Waals surface area contributed by atoms with E-state index in [0.29, 0.717) is 36.4 Å². The molecule has 1 aliphatic carbocycles. The Hall–Kier alpha value is -4.71. The van der Waals surface area contributed by atoms with E-state index in [-0.39, 0.29) is 22.6 Å². The molecule has 1 atom stereocenters. The van der Waals surface area contributed by atoms with E-state index < -0.39 is 35.4 Å². The van der Waals surface area contributed by atoms with Gasteiger partial charge in [-0.15, -0.1) is 0 Å². The second-order valence-electron chi connectivity index (χ2n) is 13.2. The van der Waals surface area contributed by atoms with Crippen molar-refractivity contribution in [1.29, 1.82) is 0 Å². The summed E-state index contributed by atoms with van der Waals surface area (Å²) >= 11 is 6.09. The van der Waals surface area contributed by atoms with Crippen molar-refractivity contribution in [2.75, 3.05) is 6.54 Å². The molecule has 4 aromatic rings. The molecule has 0 bridgehead atoms. The minimum absolute atomic E-state index is 0.197. The summed E-state index contributed by atoms with van der Waals surface area (Å²) in [5.41, 5.74) is 3.44. The fourth-order valence-corrected chi connectivity index (χ4v) is 6.97. The summed E-state index contributed by atoms with van der Waals surface area (Å²) in [4.78, 5) is 40.8. The van der Waals surface area contributed by atoms with Gasteiger partial charge in [0.2, 0.25) is 5.91 Å². The predicted molar refractivity (Wildman–Crippen MR) is 186 cm³/mol. The van der Waals surface area contributed by atoms with Crippen LogP contribution in [0.3, 0.4) is 0 Å². The average Bonchev–Trinajstić information content (AvgIpc) is 3.10. The molecule has 1 aliphatic heterocycles. The predicted octanol–water partition coefficient (Wildman–Crippen LogP) is 9.12. The number of nitrogens with zero attached hydrogens (tertiary/aromatic N) is 1. The Morgan fingerprint density at radius 2 is 1.69 bits per heavy atom. The lowest BCUT2D eigenvalue weighted by Gasteiger charge is -2.31. The number of piperidine rings is 1. The Morgan fingerprint density at radius 3 is 2.40 bits per heavy atom. The molecule has 3 aromatic carbocycles. The molecule has 52 heavy (non-hydrogen) atoms. The number of benzene rings is 3. The fourth-order valence-electron chi connectivity index (χ4n) is 6.84. The van der Waals surface area contributed by atoms with Gasteiger partial charge < -0.3 is 19.4 Å². The van der Waals surface area contributed by atoms with Gasteiger partial charge in [0.25, 0.3) is 5.91 Å². The quantitative estimate of drug-likeness (QED) is 0.129. The molecular weight excluding hydrogens is 707 g/mol. The molecule has 0 spiro atoms. The Kier molecular flexibility index (Phi) is 11.0. The number of allylic oxidation sites excluding steroid dienone is 1. The van der Waals surface area contributed by atoms with Crippen LogP contribution in [0, 0.1) is 0 Å². The zero-order valence-electron chi connectivity index (χ0n) is 28.0. The van der Waals surface area contributed by atoms with Crippen molar-refractivity contribution in [2.24, 2.45) is 0 Å². The summed E-state index contributed by atoms with van der Waals surface area (Å²) in [5.74, 6) is -1.46. The minimum Gasteiger partial charge on any atom is -0.451 e. The highest BCUT2D eigenvalue weighted by molar-refractivity contribution is 6.30. The largest absolute Gasteiger partial charge is 0.499 e. The van der Waals surface area contributed by atoms with E-state index in [2.05, 4.69) is 22.2 Å². The molecule has 2 aliphatic rings. The van der Waals surface area contributed by atoms with Crippen molar-refractivity contribution in [1.82, 2.24) is 10.2 Å². The third-order valence-electron chi connectivity index (χ3n) is 9.53. The number of nitrogens with one attached hydrogen (secondary N) is 1. The molecule has 13 heteroatoms. The molecule has 0 unspecified atom stereocenters. The lowest BCUT2D eigenvalue weighted by Crippen LogP contribution is -2.41. The van der Waals surface area contributed by atoms with Crippen LogP contribution in [0.25, 0.3) is 11.0 Å². The number of likely N-dealkylation sites (tertiary alicyclic amines) is 1. The van der Waals surface area contributed by atoms with Crippen molar-refractivity contribution < 1.29 is 40.7 Å². The van der Waals surface area contributed by atoms with Crippen LogP contribution >= 0.6 is 11.6 Å². The molecule has 2 heterocycles. The highest BCUT2D eigenvalue weighted by atomic mass is 35.5. The summed E-state index contributed by atoms with van der Waals surface area (Å²) in [6.07, 6.45) is -3.14. The third kappa shape index (κ3) is 8.83. The molecule has 1 aromatic heterocycles. The van der Waals surface area contributed by atoms with Gasteiger partial charge in [-0.05, 0) is 97.9 Å². The molecule has 2 amide bonds. The lowest BCUT2D eigenvalue weighted by molar-refractivity contribution is -0.360. The molecule has 1 saturated carbocycles. The van der Waals surface area contributed by atoms with Crippen LogP contribution in [0.15, 0.2) is 93.7 Å². The van der Waals surface area contributed by atoms with Gasteiger partial charge in [0, 0.05) is 30.6 Å². The Balaban J connectivity index is 1.18. The standard InChI is InChI=1S/C39H36ClF5N2O5/c40-28-14-10-25(11-15-28)20-29(19-24-8-12-26(13-9-24)31-6-2-1-5-27(31)23-47-18-4-3-7-36(47)49)46-37(50)35-22-33(48)32-21-30(16-17-34(32)51-35)52-39(44,45)38(41,42)43/h1-2,5-6,10-11,14-17,19,21-22,26,29H,3-4,7-9,12-13,18,20,23H2,(H,46,50)/t26?,29-/m1/s1. The first-order valence-corrected chi connectivity index (χ1v) is 17.5. The van der Waals surface area contributed by atoms with Gasteiger partial charge in [0.05, 0.1) is 11.4 Å². The SMILES string of the molecule is O=C(N[C@H](C=C1CCC(c2ccccc2CN2CCCCC2=O)CC1)Cc1ccc(Cl)cc1)c1cc(=O)c2cc(OC(F)(F)C(F)(F)F)ccc2o1. The number of amides is 2. The molecule has 7 nitrogen and oxygen atoms in total. The molecule has 6 rings (SSSR count). The normalized spacial score (nSPS) is 17.6. The van der Waals surface area contributed by atoms with Crippen molar-refractivity contribution >= 4 is 34.4 Å².